The van der Waals surface area contributed by atoms with Crippen molar-refractivity contribution >= 4 is 33.9 Å². The maximum Gasteiger partial charge on any atom is 0.0880 e. The number of hydrazine groups is 1. The summed E-state index contributed by atoms with van der Waals surface area (Å²) >= 11 is 5.85. The lowest BCUT2D eigenvalue weighted by Crippen LogP contribution is -2.19. The molecule has 21 heavy (non-hydrogen) atoms. The summed E-state index contributed by atoms with van der Waals surface area (Å²) in [5, 5.41) is 1.82. The molecule has 104 valence electrons. The Balaban J connectivity index is 1.73. The van der Waals surface area contributed by atoms with Crippen LogP contribution in [-0.2, 0) is 0 Å². The smallest absolute Gasteiger partial charge is 0.0880 e. The van der Waals surface area contributed by atoms with Crippen molar-refractivity contribution in [1.82, 2.24) is 10.4 Å². The van der Waals surface area contributed by atoms with Crippen LogP contribution in [0.2, 0.25) is 5.02 Å². The number of nitrogens with zero attached hydrogens (tertiary/aromatic N) is 1. The summed E-state index contributed by atoms with van der Waals surface area (Å²) in [5.74, 6) is 0. The lowest BCUT2D eigenvalue weighted by molar-refractivity contribution is 1.07. The largest absolute Gasteiger partial charge is 0.301 e. The molecule has 0 bridgehead atoms. The van der Waals surface area contributed by atoms with Crippen molar-refractivity contribution in [2.75, 3.05) is 5.43 Å². The van der Waals surface area contributed by atoms with Crippen LogP contribution >= 0.6 is 11.6 Å². The highest BCUT2D eigenvalue weighted by Crippen LogP contribution is 2.16. The zero-order chi connectivity index (χ0) is 14.7. The second-order valence-corrected chi connectivity index (χ2v) is 5.06. The van der Waals surface area contributed by atoms with Crippen molar-refractivity contribution in [2.45, 2.75) is 0 Å². The number of benzene rings is 2. The van der Waals surface area contributed by atoms with Gasteiger partial charge in [0.05, 0.1) is 22.6 Å². The van der Waals surface area contributed by atoms with Crippen LogP contribution in [0.5, 0.6) is 0 Å². The quantitative estimate of drug-likeness (QED) is 0.697. The Bertz CT molecular complexity index is 781. The Kier molecular flexibility index (Phi) is 3.75. The molecule has 0 unspecified atom stereocenters. The second kappa shape index (κ2) is 5.85. The number of rotatable bonds is 4. The van der Waals surface area contributed by atoms with Crippen LogP contribution in [0.3, 0.4) is 0 Å². The van der Waals surface area contributed by atoms with E-state index in [1.165, 1.54) is 0 Å². The fourth-order valence-corrected chi connectivity index (χ4v) is 2.10. The SMILES string of the molecule is C=C(NNc1ccc(Cl)cc1)c1ccc2ccccc2n1. The van der Waals surface area contributed by atoms with E-state index in [2.05, 4.69) is 22.4 Å². The second-order valence-electron chi connectivity index (χ2n) is 4.62. The summed E-state index contributed by atoms with van der Waals surface area (Å²) < 4.78 is 0. The first-order chi connectivity index (χ1) is 10.2. The van der Waals surface area contributed by atoms with Crippen molar-refractivity contribution in [3.8, 4) is 0 Å². The van der Waals surface area contributed by atoms with Crippen LogP contribution < -0.4 is 10.9 Å². The Morgan fingerprint density at radius 3 is 2.52 bits per heavy atom. The molecule has 0 aliphatic carbocycles. The van der Waals surface area contributed by atoms with Gasteiger partial charge >= 0.3 is 0 Å². The highest BCUT2D eigenvalue weighted by molar-refractivity contribution is 6.30. The molecule has 1 heterocycles. The molecule has 0 aliphatic rings. The zero-order valence-electron chi connectivity index (χ0n) is 11.3. The van der Waals surface area contributed by atoms with Crippen molar-refractivity contribution in [3.05, 3.63) is 78.0 Å². The van der Waals surface area contributed by atoms with Gasteiger partial charge in [-0.3, -0.25) is 5.43 Å². The number of fused-ring (bicyclic) bond motifs is 1. The van der Waals surface area contributed by atoms with Gasteiger partial charge in [0, 0.05) is 10.4 Å². The zero-order valence-corrected chi connectivity index (χ0v) is 12.1. The first-order valence-electron chi connectivity index (χ1n) is 6.55. The molecule has 0 spiro atoms. The van der Waals surface area contributed by atoms with Gasteiger partial charge < -0.3 is 5.43 Å². The van der Waals surface area contributed by atoms with Gasteiger partial charge in [-0.15, -0.1) is 0 Å². The summed E-state index contributed by atoms with van der Waals surface area (Å²) in [6.07, 6.45) is 0. The summed E-state index contributed by atoms with van der Waals surface area (Å²) in [4.78, 5) is 4.58. The van der Waals surface area contributed by atoms with Gasteiger partial charge in [-0.1, -0.05) is 42.4 Å². The molecule has 0 saturated carbocycles. The van der Waals surface area contributed by atoms with E-state index in [1.54, 1.807) is 0 Å². The monoisotopic (exact) mass is 295 g/mol. The van der Waals surface area contributed by atoms with Crippen LogP contribution in [0, 0.1) is 0 Å². The Hall–Kier alpha value is -2.52. The molecule has 0 amide bonds. The van der Waals surface area contributed by atoms with Gasteiger partial charge in [0.15, 0.2) is 0 Å². The minimum absolute atomic E-state index is 0.704. The van der Waals surface area contributed by atoms with Crippen molar-refractivity contribution in [2.24, 2.45) is 0 Å². The lowest BCUT2D eigenvalue weighted by atomic mass is 10.2. The van der Waals surface area contributed by atoms with E-state index < -0.39 is 0 Å². The Morgan fingerprint density at radius 2 is 1.71 bits per heavy atom. The van der Waals surface area contributed by atoms with E-state index >= 15 is 0 Å². The third-order valence-electron chi connectivity index (χ3n) is 3.11. The number of aromatic nitrogens is 1. The number of halogens is 1. The summed E-state index contributed by atoms with van der Waals surface area (Å²) in [6, 6.07) is 19.4. The van der Waals surface area contributed by atoms with E-state index in [9.17, 15) is 0 Å². The molecule has 0 fully saturated rings. The van der Waals surface area contributed by atoms with Gasteiger partial charge in [0.2, 0.25) is 0 Å². The molecule has 0 atom stereocenters. The predicted molar refractivity (Wildman–Crippen MR) is 89.0 cm³/mol. The first kappa shape index (κ1) is 13.5. The number of para-hydroxylation sites is 1. The minimum atomic E-state index is 0.704. The molecule has 1 aromatic heterocycles. The molecule has 0 aliphatic heterocycles. The number of hydrogen-bond donors (Lipinski definition) is 2. The average molecular weight is 296 g/mol. The topological polar surface area (TPSA) is 37.0 Å². The van der Waals surface area contributed by atoms with Crippen molar-refractivity contribution < 1.29 is 0 Å². The molecule has 3 nitrogen and oxygen atoms in total. The fraction of sp³-hybridized carbons (Fsp3) is 0. The maximum atomic E-state index is 5.85. The molecule has 0 saturated heterocycles. The van der Waals surface area contributed by atoms with Gasteiger partial charge in [-0.05, 0) is 36.4 Å². The predicted octanol–water partition coefficient (Wildman–Crippen LogP) is 4.48. The number of anilines is 1. The molecular formula is C17H14ClN3. The highest BCUT2D eigenvalue weighted by Gasteiger charge is 2.02. The van der Waals surface area contributed by atoms with E-state index in [-0.39, 0.29) is 0 Å². The molecule has 0 radical (unpaired) electrons. The normalized spacial score (nSPS) is 10.3. The Labute approximate surface area is 128 Å². The molecule has 3 aromatic rings. The molecular weight excluding hydrogens is 282 g/mol. The van der Waals surface area contributed by atoms with Gasteiger partial charge in [-0.25, -0.2) is 4.98 Å². The fourth-order valence-electron chi connectivity index (χ4n) is 1.98. The first-order valence-corrected chi connectivity index (χ1v) is 6.93. The van der Waals surface area contributed by atoms with E-state index in [0.29, 0.717) is 10.7 Å². The molecule has 2 aromatic carbocycles. The lowest BCUT2D eigenvalue weighted by Gasteiger charge is -2.12. The molecule has 4 heteroatoms. The molecule has 3 rings (SSSR count). The van der Waals surface area contributed by atoms with Crippen molar-refractivity contribution in [1.29, 1.82) is 0 Å². The van der Waals surface area contributed by atoms with Crippen LogP contribution in [-0.4, -0.2) is 4.98 Å². The van der Waals surface area contributed by atoms with Crippen LogP contribution in [0.15, 0.2) is 67.2 Å². The Morgan fingerprint density at radius 1 is 0.952 bits per heavy atom. The molecule has 2 N–H and O–H groups in total. The van der Waals surface area contributed by atoms with Crippen LogP contribution in [0.1, 0.15) is 5.69 Å². The number of hydrogen-bond acceptors (Lipinski definition) is 3. The van der Waals surface area contributed by atoms with E-state index in [1.807, 2.05) is 60.7 Å². The number of pyridine rings is 1. The van der Waals surface area contributed by atoms with E-state index in [4.69, 9.17) is 11.6 Å². The van der Waals surface area contributed by atoms with Gasteiger partial charge in [0.1, 0.15) is 0 Å². The summed E-state index contributed by atoms with van der Waals surface area (Å²) in [5.41, 5.74) is 9.48. The summed E-state index contributed by atoms with van der Waals surface area (Å²) in [7, 11) is 0. The maximum absolute atomic E-state index is 5.85. The van der Waals surface area contributed by atoms with Gasteiger partial charge in [0.25, 0.3) is 0 Å². The highest BCUT2D eigenvalue weighted by atomic mass is 35.5. The average Bonchev–Trinajstić information content (AvgIpc) is 2.53. The van der Waals surface area contributed by atoms with Crippen LogP contribution in [0.25, 0.3) is 16.6 Å². The van der Waals surface area contributed by atoms with Crippen LogP contribution in [0.4, 0.5) is 5.69 Å². The standard InChI is InChI=1S/C17H14ClN3/c1-12(20-21-15-9-7-14(18)8-10-15)16-11-6-13-4-2-3-5-17(13)19-16/h2-11,20-21H,1H2. The van der Waals surface area contributed by atoms with Crippen molar-refractivity contribution in [3.63, 3.8) is 0 Å². The number of nitrogens with one attached hydrogen (secondary N) is 2. The minimum Gasteiger partial charge on any atom is -0.301 e. The van der Waals surface area contributed by atoms with Gasteiger partial charge in [-0.2, -0.15) is 0 Å². The summed E-state index contributed by atoms with van der Waals surface area (Å²) in [6.45, 7) is 4.00. The van der Waals surface area contributed by atoms with E-state index in [0.717, 1.165) is 22.3 Å². The third-order valence-corrected chi connectivity index (χ3v) is 3.36. The third kappa shape index (κ3) is 3.15.